The predicted molar refractivity (Wildman–Crippen MR) is 81.3 cm³/mol. The lowest BCUT2D eigenvalue weighted by Crippen LogP contribution is -2.40. The lowest BCUT2D eigenvalue weighted by atomic mass is 9.93. The summed E-state index contributed by atoms with van der Waals surface area (Å²) in [6, 6.07) is 7.34. The van der Waals surface area contributed by atoms with E-state index in [0.29, 0.717) is 30.3 Å². The third-order valence-electron chi connectivity index (χ3n) is 3.88. The van der Waals surface area contributed by atoms with Gasteiger partial charge in [-0.25, -0.2) is 0 Å². The highest BCUT2D eigenvalue weighted by atomic mass is 35.5. The quantitative estimate of drug-likeness (QED) is 0.909. The number of carbonyl (C=O) groups excluding carboxylic acids is 1. The van der Waals surface area contributed by atoms with Gasteiger partial charge in [-0.3, -0.25) is 9.59 Å². The van der Waals surface area contributed by atoms with Crippen molar-refractivity contribution < 1.29 is 14.7 Å². The van der Waals surface area contributed by atoms with Gasteiger partial charge in [0, 0.05) is 24.5 Å². The number of hydrogen-bond donors (Lipinski definition) is 1. The van der Waals surface area contributed by atoms with E-state index in [9.17, 15) is 9.59 Å². The van der Waals surface area contributed by atoms with Crippen LogP contribution in [0.5, 0.6) is 0 Å². The Kier molecular flexibility index (Phi) is 5.62. The molecule has 0 saturated carbocycles. The molecule has 0 radical (unpaired) electrons. The zero-order chi connectivity index (χ0) is 15.2. The molecule has 4 nitrogen and oxygen atoms in total. The van der Waals surface area contributed by atoms with Crippen LogP contribution in [-0.2, 0) is 16.0 Å². The third kappa shape index (κ3) is 5.05. The number of amides is 1. The second kappa shape index (κ2) is 7.46. The van der Waals surface area contributed by atoms with E-state index >= 15 is 0 Å². The van der Waals surface area contributed by atoms with Crippen molar-refractivity contribution in [2.24, 2.45) is 5.92 Å². The van der Waals surface area contributed by atoms with Gasteiger partial charge in [-0.2, -0.15) is 0 Å². The van der Waals surface area contributed by atoms with E-state index in [-0.39, 0.29) is 12.3 Å². The number of aliphatic carboxylic acids is 1. The van der Waals surface area contributed by atoms with Gasteiger partial charge in [0.25, 0.3) is 0 Å². The molecule has 5 heteroatoms. The summed E-state index contributed by atoms with van der Waals surface area (Å²) >= 11 is 5.93. The van der Waals surface area contributed by atoms with Crippen molar-refractivity contribution >= 4 is 23.5 Å². The van der Waals surface area contributed by atoms with E-state index in [1.165, 1.54) is 0 Å². The summed E-state index contributed by atoms with van der Waals surface area (Å²) in [5.74, 6) is -0.368. The normalized spacial score (nSPS) is 18.5. The summed E-state index contributed by atoms with van der Waals surface area (Å²) < 4.78 is 0. The second-order valence-electron chi connectivity index (χ2n) is 5.59. The first-order chi connectivity index (χ1) is 10.0. The number of carbonyl (C=O) groups is 2. The highest BCUT2D eigenvalue weighted by Crippen LogP contribution is 2.22. The predicted octanol–water partition coefficient (Wildman–Crippen LogP) is 2.99. The monoisotopic (exact) mass is 309 g/mol. The standard InChI is InChI=1S/C16H20ClNO3/c17-14-5-1-3-13(9-14)10-15(19)18-8-2-4-12(11-18)6-7-16(20)21/h1,3,5,9,12H,2,4,6-8,10-11H2,(H,20,21). The minimum Gasteiger partial charge on any atom is -0.481 e. The van der Waals surface area contributed by atoms with Gasteiger partial charge >= 0.3 is 5.97 Å². The number of likely N-dealkylation sites (tertiary alicyclic amines) is 1. The molecule has 0 aliphatic carbocycles. The van der Waals surface area contributed by atoms with Crippen molar-refractivity contribution in [3.05, 3.63) is 34.9 Å². The lowest BCUT2D eigenvalue weighted by Gasteiger charge is -2.32. The van der Waals surface area contributed by atoms with Crippen LogP contribution in [0.15, 0.2) is 24.3 Å². The SMILES string of the molecule is O=C(O)CCC1CCCN(C(=O)Cc2cccc(Cl)c2)C1. The maximum Gasteiger partial charge on any atom is 0.303 e. The Morgan fingerprint density at radius 1 is 1.38 bits per heavy atom. The molecule has 2 rings (SSSR count). The first-order valence-corrected chi connectivity index (χ1v) is 7.66. The molecular weight excluding hydrogens is 290 g/mol. The highest BCUT2D eigenvalue weighted by molar-refractivity contribution is 6.30. The summed E-state index contributed by atoms with van der Waals surface area (Å²) in [5, 5.41) is 9.38. The third-order valence-corrected chi connectivity index (χ3v) is 4.12. The van der Waals surface area contributed by atoms with Crippen LogP contribution in [0, 0.1) is 5.92 Å². The Balaban J connectivity index is 1.88. The number of halogens is 1. The van der Waals surface area contributed by atoms with Gasteiger partial charge in [-0.1, -0.05) is 23.7 Å². The second-order valence-corrected chi connectivity index (χ2v) is 6.02. The number of carboxylic acids is 1. The molecule has 1 unspecified atom stereocenters. The summed E-state index contributed by atoms with van der Waals surface area (Å²) in [6.45, 7) is 1.44. The number of rotatable bonds is 5. The topological polar surface area (TPSA) is 57.6 Å². The average molecular weight is 310 g/mol. The maximum absolute atomic E-state index is 12.3. The van der Waals surface area contributed by atoms with E-state index < -0.39 is 5.97 Å². The van der Waals surface area contributed by atoms with Crippen molar-refractivity contribution in [2.75, 3.05) is 13.1 Å². The largest absolute Gasteiger partial charge is 0.481 e. The molecule has 0 aromatic heterocycles. The zero-order valence-electron chi connectivity index (χ0n) is 11.9. The molecule has 1 aliphatic rings. The molecule has 1 aromatic rings. The molecule has 21 heavy (non-hydrogen) atoms. The highest BCUT2D eigenvalue weighted by Gasteiger charge is 2.24. The van der Waals surface area contributed by atoms with Gasteiger partial charge in [-0.05, 0) is 42.9 Å². The smallest absolute Gasteiger partial charge is 0.303 e. The number of benzene rings is 1. The Bertz CT molecular complexity index is 518. The van der Waals surface area contributed by atoms with E-state index in [0.717, 1.165) is 24.9 Å². The van der Waals surface area contributed by atoms with Crippen LogP contribution in [-0.4, -0.2) is 35.0 Å². The van der Waals surface area contributed by atoms with E-state index in [1.54, 1.807) is 6.07 Å². The van der Waals surface area contributed by atoms with Gasteiger partial charge in [0.15, 0.2) is 0 Å². The van der Waals surface area contributed by atoms with Crippen molar-refractivity contribution in [3.63, 3.8) is 0 Å². The Morgan fingerprint density at radius 3 is 2.90 bits per heavy atom. The molecule has 1 aromatic carbocycles. The molecule has 1 heterocycles. The average Bonchev–Trinajstić information content (AvgIpc) is 2.45. The van der Waals surface area contributed by atoms with E-state index in [4.69, 9.17) is 16.7 Å². The molecule has 1 saturated heterocycles. The van der Waals surface area contributed by atoms with Crippen LogP contribution in [0.25, 0.3) is 0 Å². The van der Waals surface area contributed by atoms with Crippen LogP contribution in [0.1, 0.15) is 31.2 Å². The number of carboxylic acid groups (broad SMARTS) is 1. The maximum atomic E-state index is 12.3. The molecule has 0 bridgehead atoms. The van der Waals surface area contributed by atoms with Crippen molar-refractivity contribution in [1.29, 1.82) is 0 Å². The molecule has 0 spiro atoms. The molecule has 1 fully saturated rings. The van der Waals surface area contributed by atoms with Crippen LogP contribution in [0.2, 0.25) is 5.02 Å². The molecule has 1 N–H and O–H groups in total. The van der Waals surface area contributed by atoms with Crippen LogP contribution in [0.4, 0.5) is 0 Å². The van der Waals surface area contributed by atoms with E-state index in [1.807, 2.05) is 23.1 Å². The number of nitrogens with zero attached hydrogens (tertiary/aromatic N) is 1. The summed E-state index contributed by atoms with van der Waals surface area (Å²) in [7, 11) is 0. The fourth-order valence-corrected chi connectivity index (χ4v) is 3.00. The van der Waals surface area contributed by atoms with Crippen LogP contribution >= 0.6 is 11.6 Å². The van der Waals surface area contributed by atoms with Gasteiger partial charge in [0.2, 0.25) is 5.91 Å². The Hall–Kier alpha value is -1.55. The number of piperidine rings is 1. The van der Waals surface area contributed by atoms with Crippen molar-refractivity contribution in [2.45, 2.75) is 32.1 Å². The van der Waals surface area contributed by atoms with E-state index in [2.05, 4.69) is 0 Å². The minimum atomic E-state index is -0.766. The summed E-state index contributed by atoms with van der Waals surface area (Å²) in [4.78, 5) is 24.8. The fraction of sp³-hybridized carbons (Fsp3) is 0.500. The van der Waals surface area contributed by atoms with Gasteiger partial charge < -0.3 is 10.0 Å². The number of hydrogen-bond acceptors (Lipinski definition) is 2. The molecule has 1 amide bonds. The van der Waals surface area contributed by atoms with Crippen LogP contribution in [0.3, 0.4) is 0 Å². The Labute approximate surface area is 129 Å². The molecule has 1 atom stereocenters. The van der Waals surface area contributed by atoms with Crippen molar-refractivity contribution in [3.8, 4) is 0 Å². The van der Waals surface area contributed by atoms with Gasteiger partial charge in [-0.15, -0.1) is 0 Å². The van der Waals surface area contributed by atoms with Crippen molar-refractivity contribution in [1.82, 2.24) is 4.90 Å². The van der Waals surface area contributed by atoms with Gasteiger partial charge in [0.1, 0.15) is 0 Å². The summed E-state index contributed by atoms with van der Waals surface area (Å²) in [5.41, 5.74) is 0.917. The van der Waals surface area contributed by atoms with Gasteiger partial charge in [0.05, 0.1) is 6.42 Å². The lowest BCUT2D eigenvalue weighted by molar-refractivity contribution is -0.137. The van der Waals surface area contributed by atoms with Crippen LogP contribution < -0.4 is 0 Å². The molecule has 114 valence electrons. The molecule has 1 aliphatic heterocycles. The first kappa shape index (κ1) is 15.8. The zero-order valence-corrected chi connectivity index (χ0v) is 12.7. The minimum absolute atomic E-state index is 0.0947. The summed E-state index contributed by atoms with van der Waals surface area (Å²) in [6.07, 6.45) is 3.14. The molecular formula is C16H20ClNO3. The Morgan fingerprint density at radius 2 is 2.19 bits per heavy atom. The first-order valence-electron chi connectivity index (χ1n) is 7.28. The fourth-order valence-electron chi connectivity index (χ4n) is 2.79.